The number of nitrogens with zero attached hydrogens (tertiary/aromatic N) is 1. The Labute approximate surface area is 120 Å². The van der Waals surface area contributed by atoms with E-state index in [1.165, 1.54) is 25.7 Å². The van der Waals surface area contributed by atoms with Crippen molar-refractivity contribution in [2.45, 2.75) is 56.9 Å². The molecule has 1 aromatic carbocycles. The lowest BCUT2D eigenvalue weighted by atomic mass is 10.0. The first-order valence-electron chi connectivity index (χ1n) is 7.15. The average molecular weight is 277 g/mol. The molecule has 0 radical (unpaired) electrons. The SMILES string of the molecule is CCCCCC1CC(C)(O)N=C(c2ccccc2)S1. The van der Waals surface area contributed by atoms with Crippen LogP contribution in [0.3, 0.4) is 0 Å². The van der Waals surface area contributed by atoms with Crippen molar-refractivity contribution in [1.82, 2.24) is 0 Å². The van der Waals surface area contributed by atoms with Crippen LogP contribution >= 0.6 is 11.8 Å². The average Bonchev–Trinajstić information content (AvgIpc) is 2.38. The molecular weight excluding hydrogens is 254 g/mol. The lowest BCUT2D eigenvalue weighted by Crippen LogP contribution is -2.32. The van der Waals surface area contributed by atoms with E-state index < -0.39 is 5.72 Å². The maximum atomic E-state index is 10.3. The molecule has 3 heteroatoms. The molecule has 2 unspecified atom stereocenters. The van der Waals surface area contributed by atoms with Gasteiger partial charge in [-0.05, 0) is 13.3 Å². The molecule has 1 N–H and O–H groups in total. The van der Waals surface area contributed by atoms with Crippen molar-refractivity contribution in [3.05, 3.63) is 35.9 Å². The van der Waals surface area contributed by atoms with Gasteiger partial charge in [0.25, 0.3) is 0 Å². The van der Waals surface area contributed by atoms with Gasteiger partial charge in [-0.1, -0.05) is 56.5 Å². The summed E-state index contributed by atoms with van der Waals surface area (Å²) >= 11 is 1.83. The third-order valence-electron chi connectivity index (χ3n) is 3.39. The highest BCUT2D eigenvalue weighted by atomic mass is 32.2. The summed E-state index contributed by atoms with van der Waals surface area (Å²) < 4.78 is 0. The van der Waals surface area contributed by atoms with Crippen LogP contribution in [0.4, 0.5) is 0 Å². The van der Waals surface area contributed by atoms with Crippen molar-refractivity contribution in [3.63, 3.8) is 0 Å². The summed E-state index contributed by atoms with van der Waals surface area (Å²) in [6.07, 6.45) is 5.69. The zero-order chi connectivity index (χ0) is 13.7. The highest BCUT2D eigenvalue weighted by Crippen LogP contribution is 2.36. The monoisotopic (exact) mass is 277 g/mol. The Balaban J connectivity index is 2.09. The second-order valence-corrected chi connectivity index (χ2v) is 6.73. The van der Waals surface area contributed by atoms with Gasteiger partial charge in [-0.25, -0.2) is 4.99 Å². The number of hydrogen-bond acceptors (Lipinski definition) is 3. The molecule has 0 saturated carbocycles. The second-order valence-electron chi connectivity index (χ2n) is 5.44. The Bertz CT molecular complexity index is 428. The van der Waals surface area contributed by atoms with Crippen LogP contribution in [0.25, 0.3) is 0 Å². The molecule has 0 saturated heterocycles. The fraction of sp³-hybridized carbons (Fsp3) is 0.562. The van der Waals surface area contributed by atoms with E-state index in [-0.39, 0.29) is 0 Å². The van der Waals surface area contributed by atoms with Crippen molar-refractivity contribution in [2.24, 2.45) is 4.99 Å². The van der Waals surface area contributed by atoms with E-state index in [1.54, 1.807) is 0 Å². The van der Waals surface area contributed by atoms with E-state index >= 15 is 0 Å². The van der Waals surface area contributed by atoms with Gasteiger partial charge in [0, 0.05) is 17.2 Å². The lowest BCUT2D eigenvalue weighted by molar-refractivity contribution is 0.0586. The van der Waals surface area contributed by atoms with Crippen LogP contribution in [0.2, 0.25) is 0 Å². The summed E-state index contributed by atoms with van der Waals surface area (Å²) in [7, 11) is 0. The van der Waals surface area contributed by atoms with Crippen LogP contribution < -0.4 is 0 Å². The Hall–Kier alpha value is -0.800. The molecular formula is C16H23NOS. The van der Waals surface area contributed by atoms with E-state index in [1.807, 2.05) is 36.9 Å². The van der Waals surface area contributed by atoms with Crippen LogP contribution in [0.5, 0.6) is 0 Å². The van der Waals surface area contributed by atoms with Gasteiger partial charge in [-0.3, -0.25) is 0 Å². The second kappa shape index (κ2) is 6.58. The number of thioether (sulfide) groups is 1. The highest BCUT2D eigenvalue weighted by molar-refractivity contribution is 8.15. The van der Waals surface area contributed by atoms with Gasteiger partial charge in [0.15, 0.2) is 5.72 Å². The number of unbranched alkanes of at least 4 members (excludes halogenated alkanes) is 2. The summed E-state index contributed by atoms with van der Waals surface area (Å²) in [5.41, 5.74) is 0.209. The van der Waals surface area contributed by atoms with Gasteiger partial charge >= 0.3 is 0 Å². The minimum absolute atomic E-state index is 0.481. The summed E-state index contributed by atoms with van der Waals surface area (Å²) in [6, 6.07) is 10.2. The zero-order valence-electron chi connectivity index (χ0n) is 11.8. The van der Waals surface area contributed by atoms with Crippen LogP contribution in [0.1, 0.15) is 51.5 Å². The number of rotatable bonds is 5. The molecule has 104 valence electrons. The number of benzene rings is 1. The van der Waals surface area contributed by atoms with Gasteiger partial charge in [-0.15, -0.1) is 11.8 Å². The quantitative estimate of drug-likeness (QED) is 0.817. The topological polar surface area (TPSA) is 32.6 Å². The third kappa shape index (κ3) is 4.36. The van der Waals surface area contributed by atoms with Crippen molar-refractivity contribution in [2.75, 3.05) is 0 Å². The lowest BCUT2D eigenvalue weighted by Gasteiger charge is -2.31. The molecule has 0 aliphatic carbocycles. The van der Waals surface area contributed by atoms with Gasteiger partial charge in [-0.2, -0.15) is 0 Å². The minimum Gasteiger partial charge on any atom is -0.369 e. The number of aliphatic hydroxyl groups is 1. The van der Waals surface area contributed by atoms with Gasteiger partial charge < -0.3 is 5.11 Å². The summed E-state index contributed by atoms with van der Waals surface area (Å²) in [4.78, 5) is 4.50. The molecule has 1 aliphatic rings. The summed E-state index contributed by atoms with van der Waals surface area (Å²) in [6.45, 7) is 4.05. The molecule has 2 nitrogen and oxygen atoms in total. The Morgan fingerprint density at radius 1 is 1.32 bits per heavy atom. The van der Waals surface area contributed by atoms with Crippen LogP contribution in [0, 0.1) is 0 Å². The molecule has 2 atom stereocenters. The Kier molecular flexibility index (Phi) is 5.06. The van der Waals surface area contributed by atoms with Crippen LogP contribution in [-0.2, 0) is 0 Å². The largest absolute Gasteiger partial charge is 0.369 e. The minimum atomic E-state index is -0.909. The maximum Gasteiger partial charge on any atom is 0.155 e. The third-order valence-corrected chi connectivity index (χ3v) is 4.67. The summed E-state index contributed by atoms with van der Waals surface area (Å²) in [5, 5.41) is 11.8. The van der Waals surface area contributed by atoms with E-state index in [0.29, 0.717) is 5.25 Å². The smallest absolute Gasteiger partial charge is 0.155 e. The molecule has 1 aromatic rings. The normalized spacial score (nSPS) is 27.1. The molecule has 19 heavy (non-hydrogen) atoms. The molecule has 0 amide bonds. The van der Waals surface area contributed by atoms with Gasteiger partial charge in [0.1, 0.15) is 5.04 Å². The standard InChI is InChI=1S/C16H23NOS/c1-3-4-6-11-14-12-16(2,18)17-15(19-14)13-9-7-5-8-10-13/h5,7-10,14,18H,3-4,6,11-12H2,1-2H3. The molecule has 0 spiro atoms. The van der Waals surface area contributed by atoms with E-state index in [4.69, 9.17) is 0 Å². The van der Waals surface area contributed by atoms with Crippen molar-refractivity contribution < 1.29 is 5.11 Å². The molecule has 0 bridgehead atoms. The van der Waals surface area contributed by atoms with Crippen LogP contribution in [-0.4, -0.2) is 21.1 Å². The summed E-state index contributed by atoms with van der Waals surface area (Å²) in [5.74, 6) is 0. The first-order valence-corrected chi connectivity index (χ1v) is 8.03. The Morgan fingerprint density at radius 2 is 2.05 bits per heavy atom. The zero-order valence-corrected chi connectivity index (χ0v) is 12.6. The fourth-order valence-electron chi connectivity index (χ4n) is 2.42. The predicted octanol–water partition coefficient (Wildman–Crippen LogP) is 4.23. The van der Waals surface area contributed by atoms with Crippen LogP contribution in [0.15, 0.2) is 35.3 Å². The number of aliphatic imine (C=N–C) groups is 1. The number of hydrogen-bond donors (Lipinski definition) is 1. The van der Waals surface area contributed by atoms with Crippen molar-refractivity contribution in [1.29, 1.82) is 0 Å². The first-order chi connectivity index (χ1) is 9.11. The molecule has 2 rings (SSSR count). The van der Waals surface area contributed by atoms with Crippen molar-refractivity contribution >= 4 is 16.8 Å². The highest BCUT2D eigenvalue weighted by Gasteiger charge is 2.31. The predicted molar refractivity (Wildman–Crippen MR) is 83.7 cm³/mol. The van der Waals surface area contributed by atoms with Gasteiger partial charge in [0.05, 0.1) is 0 Å². The molecule has 0 aromatic heterocycles. The van der Waals surface area contributed by atoms with E-state index in [9.17, 15) is 5.11 Å². The van der Waals surface area contributed by atoms with Crippen molar-refractivity contribution in [3.8, 4) is 0 Å². The van der Waals surface area contributed by atoms with Gasteiger partial charge in [0.2, 0.25) is 0 Å². The Morgan fingerprint density at radius 3 is 2.74 bits per heavy atom. The van der Waals surface area contributed by atoms with E-state index in [2.05, 4.69) is 24.0 Å². The molecule has 1 aliphatic heterocycles. The maximum absolute atomic E-state index is 10.3. The molecule has 1 heterocycles. The first kappa shape index (κ1) is 14.6. The van der Waals surface area contributed by atoms with E-state index in [0.717, 1.165) is 17.0 Å². The fourth-order valence-corrected chi connectivity index (χ4v) is 3.94. The molecule has 0 fully saturated rings.